The number of sulfonamides is 1. The van der Waals surface area contributed by atoms with E-state index in [9.17, 15) is 13.2 Å². The fourth-order valence-corrected chi connectivity index (χ4v) is 4.30. The van der Waals surface area contributed by atoms with Gasteiger partial charge in [0, 0.05) is 13.1 Å². The molecular formula is C17H18N2O3S. The molecule has 1 saturated heterocycles. The number of rotatable bonds is 3. The number of amides is 1. The summed E-state index contributed by atoms with van der Waals surface area (Å²) in [5.74, 6) is -0.292. The van der Waals surface area contributed by atoms with Crippen molar-refractivity contribution in [1.82, 2.24) is 9.62 Å². The third-order valence-corrected chi connectivity index (χ3v) is 5.79. The van der Waals surface area contributed by atoms with Gasteiger partial charge in [-0.15, -0.1) is 0 Å². The zero-order valence-corrected chi connectivity index (χ0v) is 13.6. The molecule has 1 N–H and O–H groups in total. The minimum atomic E-state index is -3.73. The maximum Gasteiger partial charge on any atom is 0.244 e. The van der Waals surface area contributed by atoms with E-state index in [4.69, 9.17) is 0 Å². The zero-order valence-electron chi connectivity index (χ0n) is 12.8. The lowest BCUT2D eigenvalue weighted by molar-refractivity contribution is -0.126. The molecule has 23 heavy (non-hydrogen) atoms. The fraction of sp³-hybridized carbons (Fsp3) is 0.235. The van der Waals surface area contributed by atoms with Crippen LogP contribution in [0.1, 0.15) is 17.2 Å². The van der Waals surface area contributed by atoms with Gasteiger partial charge >= 0.3 is 0 Å². The van der Waals surface area contributed by atoms with E-state index in [1.54, 1.807) is 42.5 Å². The topological polar surface area (TPSA) is 66.5 Å². The first-order chi connectivity index (χ1) is 11.0. The number of nitrogens with one attached hydrogen (secondary N) is 1. The van der Waals surface area contributed by atoms with Gasteiger partial charge in [-0.25, -0.2) is 8.42 Å². The molecule has 0 aromatic heterocycles. The highest BCUT2D eigenvalue weighted by molar-refractivity contribution is 7.89. The summed E-state index contributed by atoms with van der Waals surface area (Å²) in [7, 11) is -3.73. The van der Waals surface area contributed by atoms with Crippen molar-refractivity contribution in [2.75, 3.05) is 13.1 Å². The first-order valence-corrected chi connectivity index (χ1v) is 8.85. The second-order valence-electron chi connectivity index (χ2n) is 5.53. The predicted octanol–water partition coefficient (Wildman–Crippen LogP) is 1.86. The molecule has 0 saturated carbocycles. The Balaban J connectivity index is 2.05. The Hall–Kier alpha value is -2.18. The van der Waals surface area contributed by atoms with Crippen LogP contribution >= 0.6 is 0 Å². The number of carbonyl (C=O) groups excluding carboxylic acids is 1. The Kier molecular flexibility index (Phi) is 4.19. The molecule has 1 aliphatic rings. The van der Waals surface area contributed by atoms with Gasteiger partial charge in [0.2, 0.25) is 15.9 Å². The van der Waals surface area contributed by atoms with Gasteiger partial charge in [0.1, 0.15) is 6.04 Å². The van der Waals surface area contributed by atoms with Crippen LogP contribution in [0.15, 0.2) is 59.5 Å². The lowest BCUT2D eigenvalue weighted by Crippen LogP contribution is -2.52. The van der Waals surface area contributed by atoms with Crippen LogP contribution < -0.4 is 5.32 Å². The molecule has 0 spiro atoms. The predicted molar refractivity (Wildman–Crippen MR) is 87.3 cm³/mol. The van der Waals surface area contributed by atoms with E-state index in [0.29, 0.717) is 12.1 Å². The summed E-state index contributed by atoms with van der Waals surface area (Å²) in [5, 5.41) is 2.75. The number of piperazine rings is 1. The van der Waals surface area contributed by atoms with E-state index in [2.05, 4.69) is 5.32 Å². The van der Waals surface area contributed by atoms with E-state index in [1.165, 1.54) is 4.31 Å². The van der Waals surface area contributed by atoms with E-state index in [0.717, 1.165) is 5.56 Å². The zero-order chi connectivity index (χ0) is 16.4. The van der Waals surface area contributed by atoms with Crippen LogP contribution in [0.4, 0.5) is 0 Å². The molecule has 2 aromatic carbocycles. The van der Waals surface area contributed by atoms with E-state index >= 15 is 0 Å². The minimum absolute atomic E-state index is 0.201. The monoisotopic (exact) mass is 330 g/mol. The quantitative estimate of drug-likeness (QED) is 0.934. The first-order valence-electron chi connectivity index (χ1n) is 7.41. The summed E-state index contributed by atoms with van der Waals surface area (Å²) in [6.07, 6.45) is 0. The molecule has 6 heteroatoms. The Bertz CT molecular complexity index is 801. The van der Waals surface area contributed by atoms with Gasteiger partial charge in [0.15, 0.2) is 0 Å². The van der Waals surface area contributed by atoms with Gasteiger partial charge in [-0.05, 0) is 24.6 Å². The molecule has 1 fully saturated rings. The molecule has 5 nitrogen and oxygen atoms in total. The number of nitrogens with zero attached hydrogens (tertiary/aromatic N) is 1. The summed E-state index contributed by atoms with van der Waals surface area (Å²) < 4.78 is 27.1. The highest BCUT2D eigenvalue weighted by atomic mass is 32.2. The SMILES string of the molecule is Cc1ccc(C2C(=O)NCCN2S(=O)(=O)c2ccccc2)cc1. The normalized spacial score (nSPS) is 19.3. The Labute approximate surface area is 136 Å². The lowest BCUT2D eigenvalue weighted by Gasteiger charge is -2.34. The van der Waals surface area contributed by atoms with Crippen LogP contribution in [0.2, 0.25) is 0 Å². The average molecular weight is 330 g/mol. The summed E-state index contributed by atoms with van der Waals surface area (Å²) >= 11 is 0. The molecule has 2 aromatic rings. The van der Waals surface area contributed by atoms with E-state index in [-0.39, 0.29) is 17.3 Å². The van der Waals surface area contributed by atoms with Crippen LogP contribution in [0.5, 0.6) is 0 Å². The third kappa shape index (κ3) is 3.00. The van der Waals surface area contributed by atoms with Crippen LogP contribution in [0.3, 0.4) is 0 Å². The largest absolute Gasteiger partial charge is 0.353 e. The van der Waals surface area contributed by atoms with Crippen LogP contribution in [0, 0.1) is 6.92 Å². The van der Waals surface area contributed by atoms with Gasteiger partial charge in [0.25, 0.3) is 0 Å². The van der Waals surface area contributed by atoms with E-state index < -0.39 is 16.1 Å². The summed E-state index contributed by atoms with van der Waals surface area (Å²) in [5.41, 5.74) is 1.73. The van der Waals surface area contributed by atoms with Crippen molar-refractivity contribution < 1.29 is 13.2 Å². The number of hydrogen-bond acceptors (Lipinski definition) is 3. The van der Waals surface area contributed by atoms with Crippen molar-refractivity contribution in [3.8, 4) is 0 Å². The molecular weight excluding hydrogens is 312 g/mol. The smallest absolute Gasteiger partial charge is 0.244 e. The first kappa shape index (κ1) is 15.7. The number of carbonyl (C=O) groups is 1. The van der Waals surface area contributed by atoms with Crippen molar-refractivity contribution in [3.05, 3.63) is 65.7 Å². The second-order valence-corrected chi connectivity index (χ2v) is 7.42. The van der Waals surface area contributed by atoms with Crippen molar-refractivity contribution in [2.45, 2.75) is 17.9 Å². The average Bonchev–Trinajstić information content (AvgIpc) is 2.56. The number of benzene rings is 2. The molecule has 1 atom stereocenters. The summed E-state index contributed by atoms with van der Waals surface area (Å²) in [4.78, 5) is 12.6. The molecule has 1 heterocycles. The van der Waals surface area contributed by atoms with Crippen molar-refractivity contribution in [1.29, 1.82) is 0 Å². The van der Waals surface area contributed by atoms with Crippen LogP contribution in [0.25, 0.3) is 0 Å². The molecule has 0 bridgehead atoms. The Morgan fingerprint density at radius 2 is 1.70 bits per heavy atom. The minimum Gasteiger partial charge on any atom is -0.353 e. The second kappa shape index (κ2) is 6.14. The molecule has 3 rings (SSSR count). The lowest BCUT2D eigenvalue weighted by atomic mass is 10.0. The van der Waals surface area contributed by atoms with Crippen LogP contribution in [-0.4, -0.2) is 31.7 Å². The van der Waals surface area contributed by atoms with Gasteiger partial charge < -0.3 is 5.32 Å². The number of aryl methyl sites for hydroxylation is 1. The highest BCUT2D eigenvalue weighted by Crippen LogP contribution is 2.29. The van der Waals surface area contributed by atoms with Gasteiger partial charge in [-0.2, -0.15) is 4.31 Å². The fourth-order valence-electron chi connectivity index (χ4n) is 2.70. The maximum atomic E-state index is 12.9. The van der Waals surface area contributed by atoms with Crippen molar-refractivity contribution in [3.63, 3.8) is 0 Å². The summed E-state index contributed by atoms with van der Waals surface area (Å²) in [6.45, 7) is 2.51. The highest BCUT2D eigenvalue weighted by Gasteiger charge is 2.39. The Morgan fingerprint density at radius 3 is 2.35 bits per heavy atom. The molecule has 1 amide bonds. The summed E-state index contributed by atoms with van der Waals surface area (Å²) in [6, 6.07) is 14.7. The van der Waals surface area contributed by atoms with E-state index in [1.807, 2.05) is 19.1 Å². The van der Waals surface area contributed by atoms with Crippen LogP contribution in [-0.2, 0) is 14.8 Å². The maximum absolute atomic E-state index is 12.9. The number of hydrogen-bond donors (Lipinski definition) is 1. The van der Waals surface area contributed by atoms with Gasteiger partial charge in [-0.1, -0.05) is 48.0 Å². The standard InChI is InChI=1S/C17H18N2O3S/c1-13-7-9-14(10-8-13)16-17(20)18-11-12-19(16)23(21,22)15-5-3-2-4-6-15/h2-10,16H,11-12H2,1H3,(H,18,20). The molecule has 0 aliphatic carbocycles. The Morgan fingerprint density at radius 1 is 1.04 bits per heavy atom. The molecule has 0 radical (unpaired) electrons. The van der Waals surface area contributed by atoms with Crippen molar-refractivity contribution in [2.24, 2.45) is 0 Å². The molecule has 120 valence electrons. The third-order valence-electron chi connectivity index (χ3n) is 3.91. The molecule has 1 aliphatic heterocycles. The van der Waals surface area contributed by atoms with Gasteiger partial charge in [0.05, 0.1) is 4.90 Å². The molecule has 1 unspecified atom stereocenters. The van der Waals surface area contributed by atoms with Crippen molar-refractivity contribution >= 4 is 15.9 Å². The van der Waals surface area contributed by atoms with Gasteiger partial charge in [-0.3, -0.25) is 4.79 Å².